The van der Waals surface area contributed by atoms with Crippen LogP contribution in [0.15, 0.2) is 0 Å². The van der Waals surface area contributed by atoms with Gasteiger partial charge >= 0.3 is 0 Å². The minimum absolute atomic E-state index is 0.695. The lowest BCUT2D eigenvalue weighted by Gasteiger charge is -2.19. The third kappa shape index (κ3) is 7.71. The van der Waals surface area contributed by atoms with Crippen LogP contribution in [0.5, 0.6) is 0 Å². The van der Waals surface area contributed by atoms with E-state index >= 15 is 0 Å². The van der Waals surface area contributed by atoms with Crippen molar-refractivity contribution in [2.75, 3.05) is 53.1 Å². The second-order valence-electron chi connectivity index (χ2n) is 4.57. The zero-order valence-corrected chi connectivity index (χ0v) is 11.4. The molecule has 0 bridgehead atoms. The molecule has 0 aromatic heterocycles. The minimum Gasteiger partial charge on any atom is -0.382 e. The predicted molar refractivity (Wildman–Crippen MR) is 70.5 cm³/mol. The Morgan fingerprint density at radius 3 is 2.65 bits per heavy atom. The number of nitrogens with zero attached hydrogens (tertiary/aromatic N) is 1. The molecule has 1 N–H and O–H groups in total. The minimum atomic E-state index is 0.695. The summed E-state index contributed by atoms with van der Waals surface area (Å²) in [5.74, 6) is 0. The van der Waals surface area contributed by atoms with Gasteiger partial charge in [-0.3, -0.25) is 4.90 Å². The number of nitrogens with one attached hydrogen (secondary N) is 1. The van der Waals surface area contributed by atoms with Crippen molar-refractivity contribution in [2.24, 2.45) is 0 Å². The SMILES string of the molecule is CCN(CCNCCCOCCOC)C1CC1. The average Bonchev–Trinajstić information content (AvgIpc) is 3.16. The largest absolute Gasteiger partial charge is 0.382 e. The summed E-state index contributed by atoms with van der Waals surface area (Å²) in [5.41, 5.74) is 0. The second-order valence-corrected chi connectivity index (χ2v) is 4.57. The Morgan fingerprint density at radius 1 is 1.18 bits per heavy atom. The van der Waals surface area contributed by atoms with Crippen molar-refractivity contribution in [3.63, 3.8) is 0 Å². The summed E-state index contributed by atoms with van der Waals surface area (Å²) in [6, 6.07) is 0.888. The lowest BCUT2D eigenvalue weighted by molar-refractivity contribution is 0.0694. The van der Waals surface area contributed by atoms with E-state index < -0.39 is 0 Å². The predicted octanol–water partition coefficient (Wildman–Crippen LogP) is 1.11. The Kier molecular flexibility index (Phi) is 8.61. The summed E-state index contributed by atoms with van der Waals surface area (Å²) in [6.07, 6.45) is 3.89. The molecule has 4 heteroatoms. The molecule has 4 nitrogen and oxygen atoms in total. The highest BCUT2D eigenvalue weighted by Crippen LogP contribution is 2.25. The lowest BCUT2D eigenvalue weighted by atomic mass is 10.4. The van der Waals surface area contributed by atoms with E-state index in [9.17, 15) is 0 Å². The molecule has 0 radical (unpaired) electrons. The number of hydrogen-bond acceptors (Lipinski definition) is 4. The molecule has 0 unspecified atom stereocenters. The van der Waals surface area contributed by atoms with E-state index in [1.54, 1.807) is 7.11 Å². The van der Waals surface area contributed by atoms with Crippen LogP contribution in [0.1, 0.15) is 26.2 Å². The molecule has 0 aliphatic heterocycles. The van der Waals surface area contributed by atoms with E-state index in [2.05, 4.69) is 17.1 Å². The summed E-state index contributed by atoms with van der Waals surface area (Å²) in [5, 5.41) is 3.47. The first-order valence-electron chi connectivity index (χ1n) is 6.90. The normalized spacial score (nSPS) is 15.7. The number of likely N-dealkylation sites (N-methyl/N-ethyl adjacent to an activating group) is 1. The quantitative estimate of drug-likeness (QED) is 0.522. The van der Waals surface area contributed by atoms with Gasteiger partial charge in [0.2, 0.25) is 0 Å². The van der Waals surface area contributed by atoms with Gasteiger partial charge in [-0.15, -0.1) is 0 Å². The van der Waals surface area contributed by atoms with E-state index in [0.717, 1.165) is 32.2 Å². The maximum absolute atomic E-state index is 5.40. The van der Waals surface area contributed by atoms with Crippen LogP contribution in [0.3, 0.4) is 0 Å². The van der Waals surface area contributed by atoms with Gasteiger partial charge in [-0.1, -0.05) is 6.92 Å². The second kappa shape index (κ2) is 9.83. The fourth-order valence-electron chi connectivity index (χ4n) is 1.93. The highest BCUT2D eigenvalue weighted by Gasteiger charge is 2.26. The third-order valence-electron chi connectivity index (χ3n) is 3.12. The summed E-state index contributed by atoms with van der Waals surface area (Å²) in [4.78, 5) is 2.57. The summed E-state index contributed by atoms with van der Waals surface area (Å²) in [6.45, 7) is 9.01. The first-order valence-corrected chi connectivity index (χ1v) is 6.90. The molecule has 102 valence electrons. The Labute approximate surface area is 106 Å². The number of methoxy groups -OCH3 is 1. The molecule has 1 rings (SSSR count). The molecule has 0 saturated heterocycles. The molecule has 0 aromatic rings. The van der Waals surface area contributed by atoms with Crippen LogP contribution in [-0.2, 0) is 9.47 Å². The molecule has 17 heavy (non-hydrogen) atoms. The first-order chi connectivity index (χ1) is 8.38. The highest BCUT2D eigenvalue weighted by atomic mass is 16.5. The highest BCUT2D eigenvalue weighted by molar-refractivity contribution is 4.83. The van der Waals surface area contributed by atoms with Crippen LogP contribution in [0, 0.1) is 0 Å². The molecule has 0 spiro atoms. The zero-order chi connectivity index (χ0) is 12.3. The van der Waals surface area contributed by atoms with E-state index in [1.807, 2.05) is 0 Å². The fourth-order valence-corrected chi connectivity index (χ4v) is 1.93. The molecule has 0 amide bonds. The van der Waals surface area contributed by atoms with E-state index in [1.165, 1.54) is 25.9 Å². The van der Waals surface area contributed by atoms with Gasteiger partial charge in [0.1, 0.15) is 0 Å². The fraction of sp³-hybridized carbons (Fsp3) is 1.00. The van der Waals surface area contributed by atoms with Crippen LogP contribution in [0.4, 0.5) is 0 Å². The van der Waals surface area contributed by atoms with Crippen LogP contribution in [0.25, 0.3) is 0 Å². The van der Waals surface area contributed by atoms with Gasteiger partial charge in [-0.05, 0) is 32.4 Å². The molecule has 0 atom stereocenters. The van der Waals surface area contributed by atoms with Gasteiger partial charge in [0.25, 0.3) is 0 Å². The first kappa shape index (κ1) is 14.9. The summed E-state index contributed by atoms with van der Waals surface area (Å²) in [7, 11) is 1.70. The lowest BCUT2D eigenvalue weighted by Crippen LogP contribution is -2.34. The molecule has 1 aliphatic carbocycles. The van der Waals surface area contributed by atoms with Crippen molar-refractivity contribution < 1.29 is 9.47 Å². The van der Waals surface area contributed by atoms with E-state index in [0.29, 0.717) is 13.2 Å². The van der Waals surface area contributed by atoms with Crippen LogP contribution >= 0.6 is 0 Å². The Morgan fingerprint density at radius 2 is 2.00 bits per heavy atom. The van der Waals surface area contributed by atoms with Crippen molar-refractivity contribution in [2.45, 2.75) is 32.2 Å². The maximum atomic E-state index is 5.40. The van der Waals surface area contributed by atoms with Gasteiger partial charge in [-0.2, -0.15) is 0 Å². The van der Waals surface area contributed by atoms with E-state index in [-0.39, 0.29) is 0 Å². The number of hydrogen-bond donors (Lipinski definition) is 1. The van der Waals surface area contributed by atoms with E-state index in [4.69, 9.17) is 9.47 Å². The molecule has 1 aliphatic rings. The molecular formula is C13H28N2O2. The topological polar surface area (TPSA) is 33.7 Å². The van der Waals surface area contributed by atoms with Crippen molar-refractivity contribution in [3.05, 3.63) is 0 Å². The third-order valence-corrected chi connectivity index (χ3v) is 3.12. The Balaban J connectivity index is 1.77. The van der Waals surface area contributed by atoms with Crippen molar-refractivity contribution in [1.29, 1.82) is 0 Å². The number of rotatable bonds is 12. The molecule has 1 fully saturated rings. The van der Waals surface area contributed by atoms with Gasteiger partial charge in [0, 0.05) is 32.8 Å². The van der Waals surface area contributed by atoms with Gasteiger partial charge in [0.05, 0.1) is 13.2 Å². The van der Waals surface area contributed by atoms with Crippen LogP contribution < -0.4 is 5.32 Å². The standard InChI is InChI=1S/C13H28N2O2/c1-3-15(13-5-6-13)9-8-14-7-4-10-17-12-11-16-2/h13-14H,3-12H2,1-2H3. The monoisotopic (exact) mass is 244 g/mol. The van der Waals surface area contributed by atoms with Crippen molar-refractivity contribution in [1.82, 2.24) is 10.2 Å². The zero-order valence-electron chi connectivity index (χ0n) is 11.4. The average molecular weight is 244 g/mol. The smallest absolute Gasteiger partial charge is 0.0700 e. The van der Waals surface area contributed by atoms with Gasteiger partial charge in [-0.25, -0.2) is 0 Å². The number of ether oxygens (including phenoxy) is 2. The molecule has 0 aromatic carbocycles. The summed E-state index contributed by atoms with van der Waals surface area (Å²) < 4.78 is 10.3. The Bertz CT molecular complexity index is 175. The van der Waals surface area contributed by atoms with Crippen molar-refractivity contribution >= 4 is 0 Å². The summed E-state index contributed by atoms with van der Waals surface area (Å²) >= 11 is 0. The molecular weight excluding hydrogens is 216 g/mol. The van der Waals surface area contributed by atoms with Gasteiger partial charge < -0.3 is 14.8 Å². The maximum Gasteiger partial charge on any atom is 0.0700 e. The van der Waals surface area contributed by atoms with Crippen LogP contribution in [0.2, 0.25) is 0 Å². The molecule has 1 saturated carbocycles. The van der Waals surface area contributed by atoms with Crippen molar-refractivity contribution in [3.8, 4) is 0 Å². The van der Waals surface area contributed by atoms with Gasteiger partial charge in [0.15, 0.2) is 0 Å². The Hall–Kier alpha value is -0.160. The molecule has 0 heterocycles. The van der Waals surface area contributed by atoms with Crippen LogP contribution in [-0.4, -0.2) is 64.1 Å².